The van der Waals surface area contributed by atoms with Crippen LogP contribution in [0.15, 0.2) is 48.5 Å². The first kappa shape index (κ1) is 15.8. The van der Waals surface area contributed by atoms with Gasteiger partial charge in [0.15, 0.2) is 0 Å². The van der Waals surface area contributed by atoms with Gasteiger partial charge in [0.2, 0.25) is 5.91 Å². The van der Waals surface area contributed by atoms with Crippen molar-refractivity contribution in [1.82, 2.24) is 0 Å². The van der Waals surface area contributed by atoms with Crippen LogP contribution in [0.2, 0.25) is 0 Å². The van der Waals surface area contributed by atoms with Gasteiger partial charge in [-0.15, -0.1) is 0 Å². The minimum Gasteiger partial charge on any atom is -0.326 e. The topological polar surface area (TPSA) is 58.2 Å². The third-order valence-corrected chi connectivity index (χ3v) is 3.21. The van der Waals surface area contributed by atoms with E-state index < -0.39 is 0 Å². The van der Waals surface area contributed by atoms with Crippen LogP contribution in [0.4, 0.5) is 11.4 Å². The van der Waals surface area contributed by atoms with Crippen molar-refractivity contribution in [3.63, 3.8) is 0 Å². The van der Waals surface area contributed by atoms with Crippen LogP contribution < -0.4 is 10.6 Å². The number of benzene rings is 2. The van der Waals surface area contributed by atoms with Crippen molar-refractivity contribution >= 4 is 23.2 Å². The summed E-state index contributed by atoms with van der Waals surface area (Å²) in [5.41, 5.74) is 3.08. The zero-order chi connectivity index (χ0) is 16.1. The van der Waals surface area contributed by atoms with Gasteiger partial charge < -0.3 is 10.6 Å². The van der Waals surface area contributed by atoms with E-state index in [1.165, 1.54) is 0 Å². The fraction of sp³-hybridized carbons (Fsp3) is 0.222. The summed E-state index contributed by atoms with van der Waals surface area (Å²) in [6, 6.07) is 14.5. The predicted octanol–water partition coefficient (Wildman–Crippen LogP) is 3.84. The van der Waals surface area contributed by atoms with Crippen LogP contribution in [0.3, 0.4) is 0 Å². The van der Waals surface area contributed by atoms with Gasteiger partial charge in [0.05, 0.1) is 0 Å². The first-order valence-corrected chi connectivity index (χ1v) is 7.24. The average molecular weight is 296 g/mol. The minimum atomic E-state index is -0.174. The Morgan fingerprint density at radius 2 is 1.59 bits per heavy atom. The van der Waals surface area contributed by atoms with Crippen molar-refractivity contribution in [2.24, 2.45) is 5.92 Å². The van der Waals surface area contributed by atoms with Crippen molar-refractivity contribution < 1.29 is 9.59 Å². The van der Waals surface area contributed by atoms with Gasteiger partial charge in [-0.05, 0) is 48.9 Å². The normalized spacial score (nSPS) is 10.4. The number of nitrogens with one attached hydrogen (secondary N) is 2. The molecule has 2 amide bonds. The number of aryl methyl sites for hydroxylation is 1. The molecule has 0 radical (unpaired) electrons. The molecular weight excluding hydrogens is 276 g/mol. The van der Waals surface area contributed by atoms with E-state index in [9.17, 15) is 9.59 Å². The summed E-state index contributed by atoms with van der Waals surface area (Å²) in [6.45, 7) is 5.64. The van der Waals surface area contributed by atoms with E-state index in [1.807, 2.05) is 45.0 Å². The van der Waals surface area contributed by atoms with Crippen LogP contribution in [0.5, 0.6) is 0 Å². The molecular formula is C18H20N2O2. The molecule has 0 atom stereocenters. The molecule has 2 aromatic rings. The van der Waals surface area contributed by atoms with E-state index in [2.05, 4.69) is 10.6 Å². The molecule has 0 bridgehead atoms. The van der Waals surface area contributed by atoms with Crippen LogP contribution in [0.1, 0.15) is 29.8 Å². The lowest BCUT2D eigenvalue weighted by molar-refractivity contribution is -0.118. The van der Waals surface area contributed by atoms with Crippen molar-refractivity contribution in [1.29, 1.82) is 0 Å². The maximum Gasteiger partial charge on any atom is 0.255 e. The average Bonchev–Trinajstić information content (AvgIpc) is 2.47. The van der Waals surface area contributed by atoms with E-state index in [-0.39, 0.29) is 17.7 Å². The molecule has 0 saturated carbocycles. The molecule has 0 aliphatic heterocycles. The first-order valence-electron chi connectivity index (χ1n) is 7.24. The van der Waals surface area contributed by atoms with Gasteiger partial charge in [0, 0.05) is 22.9 Å². The molecule has 0 spiro atoms. The monoisotopic (exact) mass is 296 g/mol. The molecule has 0 unspecified atom stereocenters. The molecule has 4 nitrogen and oxygen atoms in total. The van der Waals surface area contributed by atoms with Crippen LogP contribution >= 0.6 is 0 Å². The second kappa shape index (κ2) is 6.89. The number of carbonyl (C=O) groups excluding carboxylic acids is 2. The maximum atomic E-state index is 12.2. The largest absolute Gasteiger partial charge is 0.326 e. The Bertz CT molecular complexity index is 676. The van der Waals surface area contributed by atoms with Gasteiger partial charge in [0.25, 0.3) is 5.91 Å². The van der Waals surface area contributed by atoms with Crippen LogP contribution in [-0.4, -0.2) is 11.8 Å². The lowest BCUT2D eigenvalue weighted by atomic mass is 10.1. The van der Waals surface area contributed by atoms with Crippen LogP contribution in [0, 0.1) is 12.8 Å². The third-order valence-electron chi connectivity index (χ3n) is 3.21. The SMILES string of the molecule is Cc1cccc(NC(=O)c2ccc(NC(=O)C(C)C)cc2)c1. The summed E-state index contributed by atoms with van der Waals surface area (Å²) in [6.07, 6.45) is 0. The highest BCUT2D eigenvalue weighted by atomic mass is 16.2. The van der Waals surface area contributed by atoms with E-state index >= 15 is 0 Å². The number of amides is 2. The zero-order valence-corrected chi connectivity index (χ0v) is 13.0. The second-order valence-electron chi connectivity index (χ2n) is 5.54. The molecule has 0 aromatic heterocycles. The Morgan fingerprint density at radius 1 is 0.909 bits per heavy atom. The Morgan fingerprint density at radius 3 is 2.18 bits per heavy atom. The maximum absolute atomic E-state index is 12.2. The van der Waals surface area contributed by atoms with Gasteiger partial charge in [-0.3, -0.25) is 9.59 Å². The fourth-order valence-corrected chi connectivity index (χ4v) is 1.92. The number of anilines is 2. The summed E-state index contributed by atoms with van der Waals surface area (Å²) in [7, 11) is 0. The lowest BCUT2D eigenvalue weighted by Crippen LogP contribution is -2.18. The molecule has 0 fully saturated rings. The highest BCUT2D eigenvalue weighted by Gasteiger charge is 2.09. The van der Waals surface area contributed by atoms with E-state index in [0.29, 0.717) is 11.3 Å². The standard InChI is InChI=1S/C18H20N2O2/c1-12(2)17(21)19-15-9-7-14(8-10-15)18(22)20-16-6-4-5-13(3)11-16/h4-12H,1-3H3,(H,19,21)(H,20,22). The number of carbonyl (C=O) groups is 2. The highest BCUT2D eigenvalue weighted by Crippen LogP contribution is 2.14. The Kier molecular flexibility index (Phi) is 4.94. The van der Waals surface area contributed by atoms with E-state index in [1.54, 1.807) is 24.3 Å². The smallest absolute Gasteiger partial charge is 0.255 e. The Labute approximate surface area is 130 Å². The van der Waals surface area contributed by atoms with Gasteiger partial charge in [-0.1, -0.05) is 26.0 Å². The van der Waals surface area contributed by atoms with Crippen molar-refractivity contribution in [3.05, 3.63) is 59.7 Å². The summed E-state index contributed by atoms with van der Waals surface area (Å²) in [4.78, 5) is 23.8. The summed E-state index contributed by atoms with van der Waals surface area (Å²) >= 11 is 0. The molecule has 114 valence electrons. The number of rotatable bonds is 4. The van der Waals surface area contributed by atoms with E-state index in [0.717, 1.165) is 11.3 Å². The van der Waals surface area contributed by atoms with Gasteiger partial charge in [-0.2, -0.15) is 0 Å². The summed E-state index contributed by atoms with van der Waals surface area (Å²) in [5, 5.41) is 5.65. The van der Waals surface area contributed by atoms with E-state index in [4.69, 9.17) is 0 Å². The molecule has 22 heavy (non-hydrogen) atoms. The molecule has 0 saturated heterocycles. The molecule has 0 aliphatic rings. The minimum absolute atomic E-state index is 0.0445. The third kappa shape index (κ3) is 4.19. The number of hydrogen-bond donors (Lipinski definition) is 2. The molecule has 4 heteroatoms. The molecule has 0 heterocycles. The van der Waals surface area contributed by atoms with Crippen LogP contribution in [0.25, 0.3) is 0 Å². The number of hydrogen-bond acceptors (Lipinski definition) is 2. The summed E-state index contributed by atoms with van der Waals surface area (Å²) in [5.74, 6) is -0.298. The predicted molar refractivity (Wildman–Crippen MR) is 89.0 cm³/mol. The molecule has 2 N–H and O–H groups in total. The van der Waals surface area contributed by atoms with Crippen molar-refractivity contribution in [3.8, 4) is 0 Å². The first-order chi connectivity index (χ1) is 10.5. The zero-order valence-electron chi connectivity index (χ0n) is 13.0. The Balaban J connectivity index is 2.03. The quantitative estimate of drug-likeness (QED) is 0.900. The highest BCUT2D eigenvalue weighted by molar-refractivity contribution is 6.04. The fourth-order valence-electron chi connectivity index (χ4n) is 1.92. The molecule has 2 aromatic carbocycles. The van der Waals surface area contributed by atoms with Gasteiger partial charge in [-0.25, -0.2) is 0 Å². The van der Waals surface area contributed by atoms with Crippen molar-refractivity contribution in [2.45, 2.75) is 20.8 Å². The second-order valence-corrected chi connectivity index (χ2v) is 5.54. The summed E-state index contributed by atoms with van der Waals surface area (Å²) < 4.78 is 0. The molecule has 2 rings (SSSR count). The van der Waals surface area contributed by atoms with Gasteiger partial charge >= 0.3 is 0 Å². The Hall–Kier alpha value is -2.62. The van der Waals surface area contributed by atoms with Gasteiger partial charge in [0.1, 0.15) is 0 Å². The lowest BCUT2D eigenvalue weighted by Gasteiger charge is -2.09. The van der Waals surface area contributed by atoms with Crippen LogP contribution in [-0.2, 0) is 4.79 Å². The molecule has 0 aliphatic carbocycles. The van der Waals surface area contributed by atoms with Crippen molar-refractivity contribution in [2.75, 3.05) is 10.6 Å².